The van der Waals surface area contributed by atoms with E-state index in [2.05, 4.69) is 37.1 Å². The first-order valence-corrected chi connectivity index (χ1v) is 9.98. The number of likely N-dealkylation sites (N-methyl/N-ethyl adjacent to an activating group) is 1. The molecule has 0 radical (unpaired) electrons. The van der Waals surface area contributed by atoms with Gasteiger partial charge in [0.15, 0.2) is 11.5 Å². The molecule has 0 heterocycles. The lowest BCUT2D eigenvalue weighted by Crippen LogP contribution is -2.31. The van der Waals surface area contributed by atoms with Gasteiger partial charge in [-0.1, -0.05) is 58.6 Å². The lowest BCUT2D eigenvalue weighted by Gasteiger charge is -2.19. The third-order valence-electron chi connectivity index (χ3n) is 4.59. The monoisotopic (exact) mass is 350 g/mol. The SMILES string of the molecule is CCCCCCCOc1c(CNCCN(CC)CC)cccc1OC. The van der Waals surface area contributed by atoms with Gasteiger partial charge in [0.05, 0.1) is 13.7 Å². The summed E-state index contributed by atoms with van der Waals surface area (Å²) in [6, 6.07) is 6.14. The van der Waals surface area contributed by atoms with Crippen LogP contribution in [0.3, 0.4) is 0 Å². The number of rotatable bonds is 15. The summed E-state index contributed by atoms with van der Waals surface area (Å²) >= 11 is 0. The maximum absolute atomic E-state index is 6.08. The Labute approximate surface area is 154 Å². The molecule has 1 aromatic rings. The smallest absolute Gasteiger partial charge is 0.165 e. The second-order valence-electron chi connectivity index (χ2n) is 6.41. The van der Waals surface area contributed by atoms with Crippen LogP contribution in [-0.2, 0) is 6.54 Å². The first-order chi connectivity index (χ1) is 12.3. The van der Waals surface area contributed by atoms with Crippen LogP contribution in [0.1, 0.15) is 58.4 Å². The van der Waals surface area contributed by atoms with Crippen molar-refractivity contribution in [1.29, 1.82) is 0 Å². The second-order valence-corrected chi connectivity index (χ2v) is 6.41. The van der Waals surface area contributed by atoms with Gasteiger partial charge in [-0.2, -0.15) is 0 Å². The van der Waals surface area contributed by atoms with Gasteiger partial charge in [-0.05, 0) is 25.6 Å². The van der Waals surface area contributed by atoms with Crippen LogP contribution in [0.5, 0.6) is 11.5 Å². The zero-order chi connectivity index (χ0) is 18.3. The molecule has 0 unspecified atom stereocenters. The molecule has 0 saturated heterocycles. The van der Waals surface area contributed by atoms with E-state index in [4.69, 9.17) is 9.47 Å². The number of nitrogens with zero attached hydrogens (tertiary/aromatic N) is 1. The summed E-state index contributed by atoms with van der Waals surface area (Å²) in [5.74, 6) is 1.73. The van der Waals surface area contributed by atoms with Gasteiger partial charge in [-0.15, -0.1) is 0 Å². The van der Waals surface area contributed by atoms with E-state index in [1.165, 1.54) is 31.2 Å². The van der Waals surface area contributed by atoms with Gasteiger partial charge in [-0.3, -0.25) is 0 Å². The number of ether oxygens (including phenoxy) is 2. The first kappa shape index (κ1) is 21.8. The van der Waals surface area contributed by atoms with Gasteiger partial charge >= 0.3 is 0 Å². The molecule has 0 aliphatic carbocycles. The molecule has 144 valence electrons. The van der Waals surface area contributed by atoms with E-state index in [-0.39, 0.29) is 0 Å². The summed E-state index contributed by atoms with van der Waals surface area (Å²) in [7, 11) is 1.71. The molecule has 0 aliphatic heterocycles. The molecule has 0 spiro atoms. The Bertz CT molecular complexity index is 448. The Balaban J connectivity index is 2.49. The number of benzene rings is 1. The summed E-state index contributed by atoms with van der Waals surface area (Å²) in [6.45, 7) is 12.5. The Hall–Kier alpha value is -1.26. The number of methoxy groups -OCH3 is 1. The molecule has 0 atom stereocenters. The quantitative estimate of drug-likeness (QED) is 0.473. The number of nitrogens with one attached hydrogen (secondary N) is 1. The van der Waals surface area contributed by atoms with E-state index in [0.717, 1.165) is 57.3 Å². The van der Waals surface area contributed by atoms with Crippen molar-refractivity contribution in [2.75, 3.05) is 39.9 Å². The number of hydrogen-bond donors (Lipinski definition) is 1. The highest BCUT2D eigenvalue weighted by atomic mass is 16.5. The molecular weight excluding hydrogens is 312 g/mol. The topological polar surface area (TPSA) is 33.7 Å². The van der Waals surface area contributed by atoms with Crippen LogP contribution in [0.25, 0.3) is 0 Å². The van der Waals surface area contributed by atoms with Gasteiger partial charge < -0.3 is 19.7 Å². The summed E-state index contributed by atoms with van der Waals surface area (Å²) in [4.78, 5) is 2.42. The van der Waals surface area contributed by atoms with Gasteiger partial charge in [0.25, 0.3) is 0 Å². The van der Waals surface area contributed by atoms with Gasteiger partial charge in [0.1, 0.15) is 0 Å². The molecular formula is C21H38N2O2. The average molecular weight is 351 g/mol. The fourth-order valence-corrected chi connectivity index (χ4v) is 2.90. The van der Waals surface area contributed by atoms with Crippen molar-refractivity contribution in [2.45, 2.75) is 59.4 Å². The van der Waals surface area contributed by atoms with Gasteiger partial charge in [0, 0.05) is 25.2 Å². The first-order valence-electron chi connectivity index (χ1n) is 9.98. The molecule has 1 N–H and O–H groups in total. The van der Waals surface area contributed by atoms with E-state index in [1.807, 2.05) is 12.1 Å². The molecule has 0 fully saturated rings. The van der Waals surface area contributed by atoms with Crippen LogP contribution in [-0.4, -0.2) is 44.8 Å². The van der Waals surface area contributed by atoms with Crippen LogP contribution in [0.2, 0.25) is 0 Å². The zero-order valence-corrected chi connectivity index (χ0v) is 16.8. The molecule has 25 heavy (non-hydrogen) atoms. The molecule has 1 aromatic carbocycles. The summed E-state index contributed by atoms with van der Waals surface area (Å²) in [5.41, 5.74) is 1.17. The second kappa shape index (κ2) is 14.0. The summed E-state index contributed by atoms with van der Waals surface area (Å²) in [6.07, 6.45) is 6.23. The van der Waals surface area contributed by atoms with Crippen molar-refractivity contribution in [2.24, 2.45) is 0 Å². The Morgan fingerprint density at radius 2 is 1.76 bits per heavy atom. The molecule has 4 heteroatoms. The van der Waals surface area contributed by atoms with E-state index < -0.39 is 0 Å². The van der Waals surface area contributed by atoms with Crippen LogP contribution in [0, 0.1) is 0 Å². The van der Waals surface area contributed by atoms with Crippen molar-refractivity contribution < 1.29 is 9.47 Å². The third kappa shape index (κ3) is 8.59. The van der Waals surface area contributed by atoms with E-state index in [9.17, 15) is 0 Å². The van der Waals surface area contributed by atoms with Crippen LogP contribution in [0.15, 0.2) is 18.2 Å². The lowest BCUT2D eigenvalue weighted by molar-refractivity contribution is 0.279. The van der Waals surface area contributed by atoms with Crippen LogP contribution in [0.4, 0.5) is 0 Å². The molecule has 1 rings (SSSR count). The Kier molecular flexibility index (Phi) is 12.2. The number of hydrogen-bond acceptors (Lipinski definition) is 4. The normalized spacial score (nSPS) is 11.1. The Morgan fingerprint density at radius 1 is 1.00 bits per heavy atom. The van der Waals surface area contributed by atoms with Crippen molar-refractivity contribution in [3.05, 3.63) is 23.8 Å². The van der Waals surface area contributed by atoms with Crippen LogP contribution >= 0.6 is 0 Å². The van der Waals surface area contributed by atoms with E-state index >= 15 is 0 Å². The average Bonchev–Trinajstić information content (AvgIpc) is 2.65. The van der Waals surface area contributed by atoms with E-state index in [0.29, 0.717) is 0 Å². The number of para-hydroxylation sites is 1. The Morgan fingerprint density at radius 3 is 2.44 bits per heavy atom. The highest BCUT2D eigenvalue weighted by molar-refractivity contribution is 5.46. The third-order valence-corrected chi connectivity index (χ3v) is 4.59. The predicted octanol–water partition coefficient (Wildman–Crippen LogP) is 4.48. The number of unbranched alkanes of at least 4 members (excludes halogenated alkanes) is 4. The maximum Gasteiger partial charge on any atom is 0.165 e. The van der Waals surface area contributed by atoms with Crippen molar-refractivity contribution in [3.8, 4) is 11.5 Å². The molecule has 0 aromatic heterocycles. The minimum absolute atomic E-state index is 0.760. The standard InChI is InChI=1S/C21H38N2O2/c1-5-8-9-10-11-17-25-21-19(13-12-14-20(21)24-4)18-22-15-16-23(6-2)7-3/h12-14,22H,5-11,15-18H2,1-4H3. The van der Waals surface area contributed by atoms with Gasteiger partial charge in [-0.25, -0.2) is 0 Å². The maximum atomic E-state index is 6.08. The largest absolute Gasteiger partial charge is 0.493 e. The molecule has 0 saturated carbocycles. The van der Waals surface area contributed by atoms with Crippen molar-refractivity contribution >= 4 is 0 Å². The van der Waals surface area contributed by atoms with Crippen LogP contribution < -0.4 is 14.8 Å². The van der Waals surface area contributed by atoms with Gasteiger partial charge in [0.2, 0.25) is 0 Å². The predicted molar refractivity (Wildman–Crippen MR) is 107 cm³/mol. The van der Waals surface area contributed by atoms with Crippen molar-refractivity contribution in [1.82, 2.24) is 10.2 Å². The molecule has 0 amide bonds. The molecule has 0 aliphatic rings. The fraction of sp³-hybridized carbons (Fsp3) is 0.714. The highest BCUT2D eigenvalue weighted by Crippen LogP contribution is 2.31. The van der Waals surface area contributed by atoms with Crippen molar-refractivity contribution in [3.63, 3.8) is 0 Å². The molecule has 0 bridgehead atoms. The lowest BCUT2D eigenvalue weighted by atomic mass is 10.1. The fourth-order valence-electron chi connectivity index (χ4n) is 2.90. The minimum Gasteiger partial charge on any atom is -0.493 e. The summed E-state index contributed by atoms with van der Waals surface area (Å²) < 4.78 is 11.6. The van der Waals surface area contributed by atoms with E-state index in [1.54, 1.807) is 7.11 Å². The zero-order valence-electron chi connectivity index (χ0n) is 16.8. The minimum atomic E-state index is 0.760. The highest BCUT2D eigenvalue weighted by Gasteiger charge is 2.10. The molecule has 4 nitrogen and oxygen atoms in total. The summed E-state index contributed by atoms with van der Waals surface area (Å²) in [5, 5.41) is 3.53.